The fourth-order valence-electron chi connectivity index (χ4n) is 6.14. The number of nitrogens with one attached hydrogen (secondary N) is 2. The fraction of sp³-hybridized carbons (Fsp3) is 1.00. The van der Waals surface area contributed by atoms with E-state index in [0.717, 1.165) is 26.1 Å². The maximum absolute atomic E-state index is 6.28. The largest absolute Gasteiger partial charge is 0.378 e. The zero-order valence-corrected chi connectivity index (χ0v) is 22.9. The first-order chi connectivity index (χ1) is 14.8. The molecule has 2 rings (SSSR count). The summed E-state index contributed by atoms with van der Waals surface area (Å²) in [5.74, 6) is 0. The van der Waals surface area contributed by atoms with Gasteiger partial charge in [0.05, 0.1) is 12.2 Å². The molecule has 0 amide bonds. The lowest BCUT2D eigenvalue weighted by molar-refractivity contribution is 0.0286. The summed E-state index contributed by atoms with van der Waals surface area (Å²) in [5, 5.41) is 7.60. The van der Waals surface area contributed by atoms with E-state index < -0.39 is 0 Å². The summed E-state index contributed by atoms with van der Waals surface area (Å²) in [4.78, 5) is 0. The second-order valence-corrected chi connectivity index (χ2v) is 13.4. The van der Waals surface area contributed by atoms with Crippen molar-refractivity contribution in [3.05, 3.63) is 0 Å². The van der Waals surface area contributed by atoms with Gasteiger partial charge in [-0.1, -0.05) is 25.7 Å². The lowest BCUT2D eigenvalue weighted by Gasteiger charge is -2.34. The maximum Gasteiger partial charge on any atom is 0.0593 e. The first-order valence-electron chi connectivity index (χ1n) is 13.6. The molecule has 4 nitrogen and oxygen atoms in total. The third-order valence-corrected chi connectivity index (χ3v) is 7.26. The minimum absolute atomic E-state index is 0.159. The van der Waals surface area contributed by atoms with Crippen LogP contribution in [-0.4, -0.2) is 47.6 Å². The lowest BCUT2D eigenvalue weighted by atomic mass is 9.96. The summed E-state index contributed by atoms with van der Waals surface area (Å²) in [5.41, 5.74) is 0.744. The molecule has 4 heteroatoms. The van der Waals surface area contributed by atoms with Crippen LogP contribution < -0.4 is 10.6 Å². The van der Waals surface area contributed by atoms with Gasteiger partial charge in [-0.2, -0.15) is 0 Å². The molecule has 32 heavy (non-hydrogen) atoms. The second-order valence-electron chi connectivity index (χ2n) is 13.4. The summed E-state index contributed by atoms with van der Waals surface area (Å²) in [6.07, 6.45) is 15.4. The standard InChI is InChI=1S/C28H56N2O2/c1-25(2)17-15-23(21-27(5,6)29-25)31-19-13-11-9-10-12-14-20-32-24-16-18-26(3,4)30-28(7,8)22-24/h23-24,29-30H,9-22H2,1-8H3. The van der Waals surface area contributed by atoms with Crippen LogP contribution in [0.3, 0.4) is 0 Å². The molecule has 2 fully saturated rings. The van der Waals surface area contributed by atoms with Gasteiger partial charge >= 0.3 is 0 Å². The van der Waals surface area contributed by atoms with Gasteiger partial charge in [0.15, 0.2) is 0 Å². The van der Waals surface area contributed by atoms with Crippen LogP contribution in [0.25, 0.3) is 0 Å². The molecule has 0 aromatic rings. The minimum Gasteiger partial charge on any atom is -0.378 e. The van der Waals surface area contributed by atoms with Gasteiger partial charge in [-0.3, -0.25) is 0 Å². The van der Waals surface area contributed by atoms with E-state index in [1.165, 1.54) is 64.2 Å². The number of hydrogen-bond acceptors (Lipinski definition) is 4. The van der Waals surface area contributed by atoms with Crippen molar-refractivity contribution in [2.45, 2.75) is 167 Å². The molecule has 0 aromatic heterocycles. The fourth-order valence-corrected chi connectivity index (χ4v) is 6.14. The van der Waals surface area contributed by atoms with Crippen molar-refractivity contribution in [1.82, 2.24) is 10.6 Å². The molecule has 0 aliphatic carbocycles. The summed E-state index contributed by atoms with van der Waals surface area (Å²) in [7, 11) is 0. The molecule has 0 bridgehead atoms. The van der Waals surface area contributed by atoms with Gasteiger partial charge in [0.1, 0.15) is 0 Å². The monoisotopic (exact) mass is 452 g/mol. The van der Waals surface area contributed by atoms with Gasteiger partial charge in [-0.15, -0.1) is 0 Å². The predicted octanol–water partition coefficient (Wildman–Crippen LogP) is 6.76. The highest BCUT2D eigenvalue weighted by Gasteiger charge is 2.35. The molecule has 0 spiro atoms. The van der Waals surface area contributed by atoms with Crippen LogP contribution in [0.15, 0.2) is 0 Å². The van der Waals surface area contributed by atoms with E-state index in [1.54, 1.807) is 0 Å². The Kier molecular flexibility index (Phi) is 10.5. The van der Waals surface area contributed by atoms with Crippen molar-refractivity contribution in [2.75, 3.05) is 13.2 Å². The molecule has 190 valence electrons. The van der Waals surface area contributed by atoms with Gasteiger partial charge in [-0.05, 0) is 107 Å². The topological polar surface area (TPSA) is 42.5 Å². The molecule has 0 saturated carbocycles. The lowest BCUT2D eigenvalue weighted by Crippen LogP contribution is -2.50. The van der Waals surface area contributed by atoms with Gasteiger partial charge in [0.25, 0.3) is 0 Å². The summed E-state index contributed by atoms with van der Waals surface area (Å²) in [6.45, 7) is 20.4. The van der Waals surface area contributed by atoms with Crippen LogP contribution in [0.4, 0.5) is 0 Å². The van der Waals surface area contributed by atoms with Crippen molar-refractivity contribution in [2.24, 2.45) is 0 Å². The quantitative estimate of drug-likeness (QED) is 0.340. The summed E-state index contributed by atoms with van der Waals surface area (Å²) in [6, 6.07) is 0. The zero-order valence-electron chi connectivity index (χ0n) is 22.9. The Morgan fingerprint density at radius 3 is 1.25 bits per heavy atom. The molecule has 2 aliphatic rings. The SMILES string of the molecule is CC1(C)CCC(OCCCCCCCCOC2CCC(C)(C)NC(C)(C)C2)CC(C)(C)N1. The van der Waals surface area contributed by atoms with Crippen molar-refractivity contribution in [3.8, 4) is 0 Å². The Morgan fingerprint density at radius 1 is 0.531 bits per heavy atom. The predicted molar refractivity (Wildman–Crippen MR) is 137 cm³/mol. The van der Waals surface area contributed by atoms with Crippen LogP contribution in [0, 0.1) is 0 Å². The third-order valence-electron chi connectivity index (χ3n) is 7.26. The van der Waals surface area contributed by atoms with Gasteiger partial charge in [0.2, 0.25) is 0 Å². The average molecular weight is 453 g/mol. The number of hydrogen-bond donors (Lipinski definition) is 2. The molecular formula is C28H56N2O2. The molecule has 2 unspecified atom stereocenters. The Bertz CT molecular complexity index is 494. The van der Waals surface area contributed by atoms with E-state index in [0.29, 0.717) is 12.2 Å². The van der Waals surface area contributed by atoms with E-state index >= 15 is 0 Å². The summed E-state index contributed by atoms with van der Waals surface area (Å²) < 4.78 is 12.6. The van der Waals surface area contributed by atoms with Crippen molar-refractivity contribution in [3.63, 3.8) is 0 Å². The van der Waals surface area contributed by atoms with Crippen LogP contribution in [0.1, 0.15) is 132 Å². The molecular weight excluding hydrogens is 396 g/mol. The Morgan fingerprint density at radius 2 is 0.875 bits per heavy atom. The van der Waals surface area contributed by atoms with Gasteiger partial charge in [-0.25, -0.2) is 0 Å². The Balaban J connectivity index is 1.48. The zero-order chi connectivity index (χ0) is 23.9. The highest BCUT2D eigenvalue weighted by atomic mass is 16.5. The van der Waals surface area contributed by atoms with Gasteiger partial charge in [0, 0.05) is 35.4 Å². The van der Waals surface area contributed by atoms with Crippen LogP contribution in [-0.2, 0) is 9.47 Å². The van der Waals surface area contributed by atoms with Crippen molar-refractivity contribution >= 4 is 0 Å². The van der Waals surface area contributed by atoms with Crippen LogP contribution in [0.5, 0.6) is 0 Å². The normalized spacial score (nSPS) is 29.2. The number of rotatable bonds is 11. The molecule has 2 atom stereocenters. The van der Waals surface area contributed by atoms with E-state index in [2.05, 4.69) is 66.0 Å². The highest BCUT2D eigenvalue weighted by Crippen LogP contribution is 2.30. The van der Waals surface area contributed by atoms with E-state index in [4.69, 9.17) is 9.47 Å². The van der Waals surface area contributed by atoms with Gasteiger partial charge < -0.3 is 20.1 Å². The maximum atomic E-state index is 6.28. The minimum atomic E-state index is 0.159. The van der Waals surface area contributed by atoms with Crippen molar-refractivity contribution < 1.29 is 9.47 Å². The number of unbranched alkanes of at least 4 members (excludes halogenated alkanes) is 5. The molecule has 0 aromatic carbocycles. The second kappa shape index (κ2) is 12.0. The van der Waals surface area contributed by atoms with Crippen LogP contribution >= 0.6 is 0 Å². The van der Waals surface area contributed by atoms with Crippen molar-refractivity contribution in [1.29, 1.82) is 0 Å². The molecule has 2 saturated heterocycles. The summed E-state index contributed by atoms with van der Waals surface area (Å²) >= 11 is 0. The first-order valence-corrected chi connectivity index (χ1v) is 13.6. The smallest absolute Gasteiger partial charge is 0.0593 e. The van der Waals surface area contributed by atoms with Crippen LogP contribution in [0.2, 0.25) is 0 Å². The van der Waals surface area contributed by atoms with E-state index in [1.807, 2.05) is 0 Å². The molecule has 2 aliphatic heterocycles. The Hall–Kier alpha value is -0.160. The molecule has 0 radical (unpaired) electrons. The third kappa shape index (κ3) is 11.3. The highest BCUT2D eigenvalue weighted by molar-refractivity contribution is 4.95. The number of ether oxygens (including phenoxy) is 2. The van der Waals surface area contributed by atoms with E-state index in [9.17, 15) is 0 Å². The van der Waals surface area contributed by atoms with E-state index in [-0.39, 0.29) is 22.2 Å². The molecule has 2 heterocycles. The Labute approximate surface area is 200 Å². The average Bonchev–Trinajstić information content (AvgIpc) is 2.80. The first kappa shape index (κ1) is 28.1. The molecule has 2 N–H and O–H groups in total.